The first-order chi connectivity index (χ1) is 10.6. The Bertz CT molecular complexity index is 607. The molecule has 2 rings (SSSR count). The van der Waals surface area contributed by atoms with Gasteiger partial charge in [0.2, 0.25) is 0 Å². The molecule has 2 heterocycles. The Hall–Kier alpha value is -1.84. The van der Waals surface area contributed by atoms with E-state index in [1.54, 1.807) is 4.90 Å². The quantitative estimate of drug-likeness (QED) is 0.771. The van der Waals surface area contributed by atoms with Gasteiger partial charge in [0.05, 0.1) is 5.69 Å². The molecule has 1 amide bonds. The van der Waals surface area contributed by atoms with Crippen molar-refractivity contribution >= 4 is 11.7 Å². The molecule has 0 fully saturated rings. The average Bonchev–Trinajstić information content (AvgIpc) is 2.45. The van der Waals surface area contributed by atoms with Crippen LogP contribution < -0.4 is 0 Å². The topological polar surface area (TPSA) is 42.4 Å². The van der Waals surface area contributed by atoms with E-state index in [-0.39, 0.29) is 11.5 Å². The molecule has 1 aliphatic heterocycles. The molecule has 0 saturated heterocycles. The van der Waals surface area contributed by atoms with E-state index in [1.165, 1.54) is 5.57 Å². The van der Waals surface area contributed by atoms with Crippen molar-refractivity contribution in [1.82, 2.24) is 9.88 Å². The molecule has 0 N–H and O–H groups in total. The fraction of sp³-hybridized carbons (Fsp3) is 0.579. The van der Waals surface area contributed by atoms with Gasteiger partial charge in [0.15, 0.2) is 0 Å². The van der Waals surface area contributed by atoms with E-state index >= 15 is 0 Å². The highest BCUT2D eigenvalue weighted by atomic mass is 16.6. The summed E-state index contributed by atoms with van der Waals surface area (Å²) in [6, 6.07) is 6.17. The van der Waals surface area contributed by atoms with E-state index < -0.39 is 5.60 Å². The van der Waals surface area contributed by atoms with Gasteiger partial charge in [0.25, 0.3) is 0 Å². The van der Waals surface area contributed by atoms with Crippen molar-refractivity contribution in [2.75, 3.05) is 13.1 Å². The number of hydrogen-bond acceptors (Lipinski definition) is 3. The van der Waals surface area contributed by atoms with Gasteiger partial charge in [-0.05, 0) is 44.9 Å². The third-order valence-corrected chi connectivity index (χ3v) is 3.71. The zero-order valence-corrected chi connectivity index (χ0v) is 15.1. The van der Waals surface area contributed by atoms with Crippen LogP contribution in [0.15, 0.2) is 24.3 Å². The predicted octanol–water partition coefficient (Wildman–Crippen LogP) is 4.40. The SMILES string of the molecule is CC(C)(C)OC(=O)N1CC=C(c2cccc(C(C)(C)C)n2)CC1. The summed E-state index contributed by atoms with van der Waals surface area (Å²) in [7, 11) is 0. The number of carbonyl (C=O) groups is 1. The molecule has 1 aromatic heterocycles. The molecule has 0 atom stereocenters. The molecule has 4 nitrogen and oxygen atoms in total. The van der Waals surface area contributed by atoms with Crippen LogP contribution in [0.1, 0.15) is 59.4 Å². The second-order valence-corrected chi connectivity index (χ2v) is 8.06. The first-order valence-corrected chi connectivity index (χ1v) is 8.21. The lowest BCUT2D eigenvalue weighted by molar-refractivity contribution is 0.0270. The van der Waals surface area contributed by atoms with Gasteiger partial charge < -0.3 is 9.64 Å². The third-order valence-electron chi connectivity index (χ3n) is 3.71. The predicted molar refractivity (Wildman–Crippen MR) is 93.3 cm³/mol. The van der Waals surface area contributed by atoms with Crippen LogP contribution in [0.5, 0.6) is 0 Å². The first-order valence-electron chi connectivity index (χ1n) is 8.21. The number of rotatable bonds is 1. The van der Waals surface area contributed by atoms with Crippen molar-refractivity contribution < 1.29 is 9.53 Å². The lowest BCUT2D eigenvalue weighted by Gasteiger charge is -2.29. The smallest absolute Gasteiger partial charge is 0.410 e. The van der Waals surface area contributed by atoms with Crippen LogP contribution in [0, 0.1) is 0 Å². The minimum atomic E-state index is -0.455. The normalized spacial score (nSPS) is 16.1. The zero-order chi connectivity index (χ0) is 17.3. The van der Waals surface area contributed by atoms with Crippen LogP contribution in [-0.4, -0.2) is 34.7 Å². The van der Waals surface area contributed by atoms with Crippen LogP contribution in [0.4, 0.5) is 4.79 Å². The summed E-state index contributed by atoms with van der Waals surface area (Å²) in [6.45, 7) is 13.4. The monoisotopic (exact) mass is 316 g/mol. The molecule has 1 aromatic rings. The van der Waals surface area contributed by atoms with Crippen molar-refractivity contribution in [3.63, 3.8) is 0 Å². The fourth-order valence-electron chi connectivity index (χ4n) is 2.43. The summed E-state index contributed by atoms with van der Waals surface area (Å²) < 4.78 is 5.42. The Morgan fingerprint density at radius 2 is 1.87 bits per heavy atom. The zero-order valence-electron chi connectivity index (χ0n) is 15.1. The van der Waals surface area contributed by atoms with Gasteiger partial charge in [-0.1, -0.05) is 32.9 Å². The van der Waals surface area contributed by atoms with Crippen molar-refractivity contribution in [3.8, 4) is 0 Å². The lowest BCUT2D eigenvalue weighted by atomic mass is 9.91. The highest BCUT2D eigenvalue weighted by Gasteiger charge is 2.24. The highest BCUT2D eigenvalue weighted by molar-refractivity contribution is 5.71. The molecule has 23 heavy (non-hydrogen) atoms. The van der Waals surface area contributed by atoms with E-state index in [4.69, 9.17) is 9.72 Å². The molecule has 1 aliphatic rings. The van der Waals surface area contributed by atoms with E-state index in [0.717, 1.165) is 17.8 Å². The number of pyridine rings is 1. The van der Waals surface area contributed by atoms with Crippen LogP contribution in [-0.2, 0) is 10.2 Å². The number of ether oxygens (including phenoxy) is 1. The van der Waals surface area contributed by atoms with Gasteiger partial charge in [-0.3, -0.25) is 4.98 Å². The second kappa shape index (κ2) is 6.34. The number of carbonyl (C=O) groups excluding carboxylic acids is 1. The fourth-order valence-corrected chi connectivity index (χ4v) is 2.43. The minimum absolute atomic E-state index is 0.0355. The van der Waals surface area contributed by atoms with Gasteiger partial charge in [-0.15, -0.1) is 0 Å². The number of amides is 1. The van der Waals surface area contributed by atoms with Gasteiger partial charge in [0, 0.05) is 24.2 Å². The molecule has 0 spiro atoms. The van der Waals surface area contributed by atoms with E-state index in [0.29, 0.717) is 13.1 Å². The molecule has 0 aliphatic carbocycles. The maximum absolute atomic E-state index is 12.1. The molecule has 0 unspecified atom stereocenters. The summed E-state index contributed by atoms with van der Waals surface area (Å²) in [4.78, 5) is 18.6. The minimum Gasteiger partial charge on any atom is -0.444 e. The van der Waals surface area contributed by atoms with Crippen molar-refractivity contribution in [1.29, 1.82) is 0 Å². The summed E-state index contributed by atoms with van der Waals surface area (Å²) in [5.74, 6) is 0. The summed E-state index contributed by atoms with van der Waals surface area (Å²) in [6.07, 6.45) is 2.64. The highest BCUT2D eigenvalue weighted by Crippen LogP contribution is 2.25. The van der Waals surface area contributed by atoms with E-state index in [9.17, 15) is 4.79 Å². The van der Waals surface area contributed by atoms with Crippen molar-refractivity contribution in [3.05, 3.63) is 35.7 Å². The molecular weight excluding hydrogens is 288 g/mol. The van der Waals surface area contributed by atoms with Crippen LogP contribution in [0.2, 0.25) is 0 Å². The van der Waals surface area contributed by atoms with Crippen LogP contribution in [0.25, 0.3) is 5.57 Å². The van der Waals surface area contributed by atoms with E-state index in [1.807, 2.05) is 26.8 Å². The van der Waals surface area contributed by atoms with Gasteiger partial charge in [-0.2, -0.15) is 0 Å². The second-order valence-electron chi connectivity index (χ2n) is 8.06. The Labute approximate surface area is 139 Å². The Balaban J connectivity index is 2.09. The molecule has 4 heteroatoms. The summed E-state index contributed by atoms with van der Waals surface area (Å²) >= 11 is 0. The maximum atomic E-state index is 12.1. The molecule has 0 radical (unpaired) electrons. The number of aromatic nitrogens is 1. The Morgan fingerprint density at radius 3 is 2.39 bits per heavy atom. The first kappa shape index (κ1) is 17.5. The van der Waals surface area contributed by atoms with Crippen LogP contribution >= 0.6 is 0 Å². The molecule has 0 aromatic carbocycles. The molecule has 126 valence electrons. The van der Waals surface area contributed by atoms with Crippen LogP contribution in [0.3, 0.4) is 0 Å². The number of nitrogens with zero attached hydrogens (tertiary/aromatic N) is 2. The maximum Gasteiger partial charge on any atom is 0.410 e. The van der Waals surface area contributed by atoms with Gasteiger partial charge in [-0.25, -0.2) is 4.79 Å². The Morgan fingerprint density at radius 1 is 1.17 bits per heavy atom. The van der Waals surface area contributed by atoms with Crippen molar-refractivity contribution in [2.45, 2.75) is 59.0 Å². The third kappa shape index (κ3) is 4.81. The number of hydrogen-bond donors (Lipinski definition) is 0. The van der Waals surface area contributed by atoms with Gasteiger partial charge in [0.1, 0.15) is 5.60 Å². The lowest BCUT2D eigenvalue weighted by Crippen LogP contribution is -2.39. The van der Waals surface area contributed by atoms with Crippen molar-refractivity contribution in [2.24, 2.45) is 0 Å². The molecular formula is C19H28N2O2. The van der Waals surface area contributed by atoms with E-state index in [2.05, 4.69) is 39.0 Å². The summed E-state index contributed by atoms with van der Waals surface area (Å²) in [5.41, 5.74) is 2.89. The molecule has 0 saturated carbocycles. The standard InChI is InChI=1S/C19H28N2O2/c1-18(2,3)16-9-7-8-15(20-16)14-10-12-21(13-11-14)17(22)23-19(4,5)6/h7-10H,11-13H2,1-6H3. The summed E-state index contributed by atoms with van der Waals surface area (Å²) in [5, 5.41) is 0. The largest absolute Gasteiger partial charge is 0.444 e. The Kier molecular flexibility index (Phi) is 4.83. The van der Waals surface area contributed by atoms with Gasteiger partial charge >= 0.3 is 6.09 Å². The molecule has 0 bridgehead atoms. The average molecular weight is 316 g/mol.